The molecule has 0 saturated carbocycles. The van der Waals surface area contributed by atoms with E-state index in [1.807, 2.05) is 6.08 Å². The van der Waals surface area contributed by atoms with E-state index < -0.39 is 124 Å². The lowest BCUT2D eigenvalue weighted by molar-refractivity contribution is -0.379. The van der Waals surface area contributed by atoms with E-state index in [0.29, 0.717) is 12.8 Å². The molecule has 0 bridgehead atoms. The van der Waals surface area contributed by atoms with E-state index in [-0.39, 0.29) is 18.9 Å². The molecule has 19 nitrogen and oxygen atoms in total. The molecule has 0 aromatic carbocycles. The Morgan fingerprint density at radius 3 is 1.25 bits per heavy atom. The number of carbonyl (C=O) groups is 1. The molecule has 1 amide bonds. The van der Waals surface area contributed by atoms with Gasteiger partial charge in [-0.1, -0.05) is 216 Å². The number of aliphatic hydroxyl groups is 11. The number of carbonyl (C=O) groups excluding carboxylic acids is 1. The van der Waals surface area contributed by atoms with Crippen LogP contribution in [0.15, 0.2) is 60.8 Å². The third-order valence-corrected chi connectivity index (χ3v) is 16.8. The average molecular weight is 1240 g/mol. The van der Waals surface area contributed by atoms with Gasteiger partial charge in [0.15, 0.2) is 18.9 Å². The highest BCUT2D eigenvalue weighted by atomic mass is 16.8. The molecule has 3 rings (SSSR count). The molecule has 0 aromatic heterocycles. The van der Waals surface area contributed by atoms with Gasteiger partial charge in [-0.25, -0.2) is 0 Å². The van der Waals surface area contributed by atoms with Gasteiger partial charge in [0.1, 0.15) is 73.2 Å². The first-order valence-electron chi connectivity index (χ1n) is 34.0. The van der Waals surface area contributed by atoms with Crippen LogP contribution in [0.3, 0.4) is 0 Å². The van der Waals surface area contributed by atoms with Gasteiger partial charge in [-0.2, -0.15) is 0 Å². The van der Waals surface area contributed by atoms with E-state index in [0.717, 1.165) is 70.6 Å². The van der Waals surface area contributed by atoms with Crippen LogP contribution in [0, 0.1) is 0 Å². The number of nitrogens with one attached hydrogen (secondary N) is 1. The highest BCUT2D eigenvalue weighted by Gasteiger charge is 2.53. The Morgan fingerprint density at radius 1 is 0.414 bits per heavy atom. The summed E-state index contributed by atoms with van der Waals surface area (Å²) in [4.78, 5) is 13.3. The van der Waals surface area contributed by atoms with E-state index in [1.165, 1.54) is 128 Å². The van der Waals surface area contributed by atoms with Crippen molar-refractivity contribution in [3.05, 3.63) is 60.8 Å². The molecule has 3 heterocycles. The smallest absolute Gasteiger partial charge is 0.220 e. The summed E-state index contributed by atoms with van der Waals surface area (Å²) < 4.78 is 34.3. The van der Waals surface area contributed by atoms with E-state index in [1.54, 1.807) is 6.08 Å². The van der Waals surface area contributed by atoms with E-state index in [4.69, 9.17) is 28.4 Å². The van der Waals surface area contributed by atoms with Gasteiger partial charge in [0.05, 0.1) is 38.6 Å². The van der Waals surface area contributed by atoms with Crippen LogP contribution in [-0.4, -0.2) is 193 Å². The molecule has 17 atom stereocenters. The Bertz CT molecular complexity index is 1820. The van der Waals surface area contributed by atoms with Crippen LogP contribution in [0.5, 0.6) is 0 Å². The zero-order valence-corrected chi connectivity index (χ0v) is 53.2. The Morgan fingerprint density at radius 2 is 0.782 bits per heavy atom. The predicted molar refractivity (Wildman–Crippen MR) is 337 cm³/mol. The number of amides is 1. The van der Waals surface area contributed by atoms with Gasteiger partial charge in [-0.3, -0.25) is 4.79 Å². The van der Waals surface area contributed by atoms with Gasteiger partial charge in [-0.15, -0.1) is 0 Å². The van der Waals surface area contributed by atoms with Crippen LogP contribution in [0.4, 0.5) is 0 Å². The predicted octanol–water partition coefficient (Wildman–Crippen LogP) is 8.38. The second-order valence-electron chi connectivity index (χ2n) is 24.3. The van der Waals surface area contributed by atoms with Crippen molar-refractivity contribution in [2.75, 3.05) is 26.4 Å². The lowest BCUT2D eigenvalue weighted by Gasteiger charge is -2.48. The monoisotopic (exact) mass is 1240 g/mol. The first-order valence-corrected chi connectivity index (χ1v) is 34.0. The number of rotatable bonds is 51. The van der Waals surface area contributed by atoms with Gasteiger partial charge in [0, 0.05) is 6.42 Å². The fraction of sp³-hybridized carbons (Fsp3) is 0.838. The van der Waals surface area contributed by atoms with Gasteiger partial charge < -0.3 is 89.9 Å². The minimum absolute atomic E-state index is 0.213. The Labute approximate surface area is 522 Å². The molecule has 19 heteroatoms. The third-order valence-electron chi connectivity index (χ3n) is 16.8. The van der Waals surface area contributed by atoms with Crippen molar-refractivity contribution in [1.29, 1.82) is 0 Å². The number of hydrogen-bond acceptors (Lipinski definition) is 18. The van der Waals surface area contributed by atoms with Crippen LogP contribution in [0.25, 0.3) is 0 Å². The van der Waals surface area contributed by atoms with Crippen molar-refractivity contribution in [1.82, 2.24) is 5.32 Å². The molecule has 3 fully saturated rings. The molecule has 0 spiro atoms. The lowest BCUT2D eigenvalue weighted by Crippen LogP contribution is -2.66. The van der Waals surface area contributed by atoms with Crippen LogP contribution in [0.2, 0.25) is 0 Å². The average Bonchev–Trinajstić information content (AvgIpc) is 2.96. The largest absolute Gasteiger partial charge is 0.394 e. The summed E-state index contributed by atoms with van der Waals surface area (Å²) in [5.74, 6) is -0.305. The minimum Gasteiger partial charge on any atom is -0.394 e. The van der Waals surface area contributed by atoms with Gasteiger partial charge in [0.25, 0.3) is 0 Å². The highest BCUT2D eigenvalue weighted by Crippen LogP contribution is 2.33. The van der Waals surface area contributed by atoms with Crippen molar-refractivity contribution in [2.24, 2.45) is 0 Å². The van der Waals surface area contributed by atoms with Crippen molar-refractivity contribution >= 4 is 5.91 Å². The molecular formula is C68H121NO18. The lowest BCUT2D eigenvalue weighted by atomic mass is 9.96. The summed E-state index contributed by atoms with van der Waals surface area (Å²) in [5, 5.41) is 120. The van der Waals surface area contributed by atoms with Crippen LogP contribution >= 0.6 is 0 Å². The zero-order chi connectivity index (χ0) is 63.3. The number of unbranched alkanes of at least 4 members (excludes halogenated alkanes) is 27. The van der Waals surface area contributed by atoms with Crippen molar-refractivity contribution in [3.8, 4) is 0 Å². The number of ether oxygens (including phenoxy) is 6. The number of hydrogen-bond donors (Lipinski definition) is 12. The van der Waals surface area contributed by atoms with Gasteiger partial charge in [0.2, 0.25) is 5.91 Å². The molecule has 12 N–H and O–H groups in total. The summed E-state index contributed by atoms with van der Waals surface area (Å²) in [6.07, 6.45) is 33.6. The molecule has 0 radical (unpaired) electrons. The summed E-state index contributed by atoms with van der Waals surface area (Å²) >= 11 is 0. The second kappa shape index (κ2) is 50.1. The van der Waals surface area contributed by atoms with Crippen molar-refractivity contribution in [3.63, 3.8) is 0 Å². The van der Waals surface area contributed by atoms with Crippen molar-refractivity contribution in [2.45, 2.75) is 336 Å². The first kappa shape index (κ1) is 78.7. The Kier molecular flexibility index (Phi) is 45.3. The quantitative estimate of drug-likeness (QED) is 0.0201. The maximum Gasteiger partial charge on any atom is 0.220 e. The Hall–Kier alpha value is -2.51. The van der Waals surface area contributed by atoms with Crippen LogP contribution < -0.4 is 5.32 Å². The molecule has 3 saturated heterocycles. The van der Waals surface area contributed by atoms with Crippen molar-refractivity contribution < 1.29 is 89.4 Å². The molecule has 506 valence electrons. The zero-order valence-electron chi connectivity index (χ0n) is 53.2. The molecule has 0 aromatic rings. The maximum atomic E-state index is 13.3. The summed E-state index contributed by atoms with van der Waals surface area (Å²) in [7, 11) is 0. The van der Waals surface area contributed by atoms with Gasteiger partial charge >= 0.3 is 0 Å². The normalized spacial score (nSPS) is 29.0. The maximum absolute atomic E-state index is 13.3. The van der Waals surface area contributed by atoms with E-state index >= 15 is 0 Å². The number of aliphatic hydroxyl groups excluding tert-OH is 11. The molecule has 0 aliphatic carbocycles. The fourth-order valence-corrected chi connectivity index (χ4v) is 11.2. The van der Waals surface area contributed by atoms with E-state index in [2.05, 4.69) is 67.8 Å². The fourth-order valence-electron chi connectivity index (χ4n) is 11.2. The molecular weight excluding hydrogens is 1120 g/mol. The topological polar surface area (TPSA) is 307 Å². The number of allylic oxidation sites excluding steroid dienone is 9. The third kappa shape index (κ3) is 32.6. The van der Waals surface area contributed by atoms with Crippen LogP contribution in [0.1, 0.15) is 232 Å². The van der Waals surface area contributed by atoms with E-state index in [9.17, 15) is 61.0 Å². The SMILES string of the molecule is CCCC/C=C\C/C=C\CCCCCCCC(=O)NC(COC1OC(CO)C(OC2OC(CO)C(OC3OC(CO)C(O)C(O)C3O)C(O)C2O)C(O)C1O)C(O)/C=C/CC/C=C/CC/C=C/CCCCCCCCCCCCCCCCCCCC. The summed E-state index contributed by atoms with van der Waals surface area (Å²) in [6, 6.07) is -1.01. The van der Waals surface area contributed by atoms with Gasteiger partial charge in [-0.05, 0) is 70.6 Å². The van der Waals surface area contributed by atoms with Crippen LogP contribution in [-0.2, 0) is 33.2 Å². The highest BCUT2D eigenvalue weighted by molar-refractivity contribution is 5.76. The molecule has 17 unspecified atom stereocenters. The summed E-state index contributed by atoms with van der Waals surface area (Å²) in [5.41, 5.74) is 0. The standard InChI is InChI=1S/C68H121NO18/c1-3-5-7-9-11-13-15-17-19-20-21-22-23-24-25-26-27-28-29-30-31-32-33-35-37-39-41-43-45-52(73)51(69-56(74)46-44-42-40-38-36-34-18-16-14-12-10-8-6-4-2)50-82-66-62(80)59(77)64(54(48-71)84-66)87-68-63(81)60(78)65(55(49-72)85-68)86-67-61(79)58(76)57(75)53(47-70)83-67/h10,12,16,18,30-31,35,37,43,45,51-55,57-68,70-73,75-81H,3-9,11,13-15,17,19-29,32-34,36,38-42,44,46-50H2,1-2H3,(H,69,74)/b12-10-,18-16-,31-30+,37-35+,45-43+. The summed E-state index contributed by atoms with van der Waals surface area (Å²) in [6.45, 7) is 1.65. The molecule has 3 aliphatic rings. The molecule has 3 aliphatic heterocycles. The minimum atomic E-state index is -1.99. The second-order valence-corrected chi connectivity index (χ2v) is 24.3. The Balaban J connectivity index is 1.45. The first-order chi connectivity index (χ1) is 42.3. The molecule has 87 heavy (non-hydrogen) atoms.